The molecule has 1 N–H and O–H groups in total. The first-order chi connectivity index (χ1) is 13.5. The van der Waals surface area contributed by atoms with Gasteiger partial charge in [0, 0.05) is 22.9 Å². The fraction of sp³-hybridized carbons (Fsp3) is 0.524. The van der Waals surface area contributed by atoms with Crippen LogP contribution in [0.2, 0.25) is 0 Å². The lowest BCUT2D eigenvalue weighted by atomic mass is 10.1. The zero-order chi connectivity index (χ0) is 20.4. The molecule has 1 heterocycles. The molecule has 0 aliphatic rings. The predicted octanol–water partition coefficient (Wildman–Crippen LogP) is 4.25. The molecule has 1 aromatic heterocycles. The van der Waals surface area contributed by atoms with Crippen LogP contribution in [0, 0.1) is 13.8 Å². The Bertz CT molecular complexity index is 772. The van der Waals surface area contributed by atoms with Crippen molar-refractivity contribution in [3.05, 3.63) is 41.3 Å². The Morgan fingerprint density at radius 3 is 2.61 bits per heavy atom. The second-order valence-electron chi connectivity index (χ2n) is 6.79. The van der Waals surface area contributed by atoms with Gasteiger partial charge in [-0.15, -0.1) is 0 Å². The summed E-state index contributed by atoms with van der Waals surface area (Å²) >= 11 is 1.92. The number of oxazole rings is 1. The van der Waals surface area contributed by atoms with Gasteiger partial charge < -0.3 is 9.73 Å². The predicted molar refractivity (Wildman–Crippen MR) is 118 cm³/mol. The Balaban J connectivity index is 1.75. The smallest absolute Gasteiger partial charge is 0.232 e. The summed E-state index contributed by atoms with van der Waals surface area (Å²) in [6.45, 7) is 6.66. The van der Waals surface area contributed by atoms with E-state index in [4.69, 9.17) is 4.42 Å². The van der Waals surface area contributed by atoms with Crippen molar-refractivity contribution in [1.29, 1.82) is 0 Å². The van der Waals surface area contributed by atoms with E-state index in [1.165, 1.54) is 24.2 Å². The zero-order valence-corrected chi connectivity index (χ0v) is 18.6. The summed E-state index contributed by atoms with van der Waals surface area (Å²) in [5, 5.41) is 2.85. The molecule has 5 nitrogen and oxygen atoms in total. The monoisotopic (exact) mass is 422 g/mol. The molecule has 0 spiro atoms. The molecular weight excluding hydrogens is 392 g/mol. The van der Waals surface area contributed by atoms with Gasteiger partial charge >= 0.3 is 0 Å². The second kappa shape index (κ2) is 12.1. The zero-order valence-electron chi connectivity index (χ0n) is 17.0. The Morgan fingerprint density at radius 2 is 1.89 bits per heavy atom. The summed E-state index contributed by atoms with van der Waals surface area (Å²) in [4.78, 5) is 16.4. The average Bonchev–Trinajstić information content (AvgIpc) is 3.01. The minimum absolute atomic E-state index is 0.00482. The van der Waals surface area contributed by atoms with Crippen molar-refractivity contribution in [3.63, 3.8) is 0 Å². The molecule has 0 aliphatic heterocycles. The van der Waals surface area contributed by atoms with Crippen LogP contribution in [0.25, 0.3) is 11.5 Å². The van der Waals surface area contributed by atoms with Crippen molar-refractivity contribution in [2.45, 2.75) is 45.8 Å². The molecule has 0 saturated carbocycles. The van der Waals surface area contributed by atoms with Crippen LogP contribution in [0.1, 0.15) is 43.2 Å². The molecule has 2 aromatic rings. The van der Waals surface area contributed by atoms with E-state index in [0.717, 1.165) is 17.7 Å². The molecule has 1 amide bonds. The molecule has 0 saturated heterocycles. The second-order valence-corrected chi connectivity index (χ2v) is 9.47. The molecule has 1 atom stereocenters. The number of hydrogen-bond acceptors (Lipinski definition) is 5. The summed E-state index contributed by atoms with van der Waals surface area (Å²) in [5.41, 5.74) is 2.70. The molecule has 0 radical (unpaired) electrons. The Morgan fingerprint density at radius 1 is 1.18 bits per heavy atom. The van der Waals surface area contributed by atoms with Gasteiger partial charge in [0.25, 0.3) is 0 Å². The number of amides is 1. The van der Waals surface area contributed by atoms with Gasteiger partial charge in [0.05, 0.1) is 11.4 Å². The minimum atomic E-state index is -1.31. The van der Waals surface area contributed by atoms with E-state index in [1.807, 2.05) is 49.9 Å². The Labute approximate surface area is 174 Å². The van der Waals surface area contributed by atoms with Gasteiger partial charge in [-0.25, -0.2) is 4.98 Å². The number of carbonyl (C=O) groups is 1. The summed E-state index contributed by atoms with van der Waals surface area (Å²) in [6, 6.07) is 7.91. The molecule has 2 rings (SSSR count). The fourth-order valence-corrected chi connectivity index (χ4v) is 4.65. The van der Waals surface area contributed by atoms with E-state index < -0.39 is 10.8 Å². The van der Waals surface area contributed by atoms with Gasteiger partial charge in [-0.2, -0.15) is 11.8 Å². The lowest BCUT2D eigenvalue weighted by Gasteiger charge is -2.05. The van der Waals surface area contributed by atoms with Crippen LogP contribution < -0.4 is 5.32 Å². The number of hydrogen-bond donors (Lipinski definition) is 1. The Kier molecular flexibility index (Phi) is 9.78. The van der Waals surface area contributed by atoms with Crippen molar-refractivity contribution in [2.24, 2.45) is 0 Å². The molecule has 0 unspecified atom stereocenters. The lowest BCUT2D eigenvalue weighted by molar-refractivity contribution is -0.118. The van der Waals surface area contributed by atoms with E-state index in [2.05, 4.69) is 17.2 Å². The van der Waals surface area contributed by atoms with Crippen molar-refractivity contribution < 1.29 is 13.4 Å². The number of rotatable bonds is 12. The van der Waals surface area contributed by atoms with Crippen LogP contribution in [0.15, 0.2) is 28.7 Å². The molecule has 0 fully saturated rings. The van der Waals surface area contributed by atoms with E-state index in [-0.39, 0.29) is 17.4 Å². The first kappa shape index (κ1) is 22.7. The van der Waals surface area contributed by atoms with E-state index in [1.54, 1.807) is 0 Å². The van der Waals surface area contributed by atoms with Gasteiger partial charge in [-0.1, -0.05) is 31.0 Å². The van der Waals surface area contributed by atoms with Crippen molar-refractivity contribution in [2.75, 3.05) is 23.8 Å². The van der Waals surface area contributed by atoms with E-state index in [9.17, 15) is 9.00 Å². The molecule has 0 bridgehead atoms. The lowest BCUT2D eigenvalue weighted by Crippen LogP contribution is -2.29. The Hall–Kier alpha value is -1.60. The number of thioether (sulfide) groups is 1. The maximum Gasteiger partial charge on any atom is 0.232 e. The first-order valence-electron chi connectivity index (χ1n) is 9.72. The van der Waals surface area contributed by atoms with Crippen molar-refractivity contribution in [3.8, 4) is 11.5 Å². The number of carbonyl (C=O) groups excluding carboxylic acids is 1. The summed E-state index contributed by atoms with van der Waals surface area (Å²) in [6.07, 6.45) is 3.39. The molecule has 154 valence electrons. The molecule has 1 aromatic carbocycles. The first-order valence-corrected chi connectivity index (χ1v) is 12.4. The van der Waals surface area contributed by atoms with Crippen LogP contribution in [-0.4, -0.2) is 38.9 Å². The fourth-order valence-electron chi connectivity index (χ4n) is 2.53. The van der Waals surface area contributed by atoms with Crippen molar-refractivity contribution in [1.82, 2.24) is 10.3 Å². The standard InChI is InChI=1S/C21H30N2O3S2/c1-4-5-12-27-13-6-11-22-20(24)15-28(25)14-19-17(3)26-21(23-19)18-9-7-16(2)8-10-18/h7-10H,4-6,11-15H2,1-3H3,(H,22,24)/t28-/m0/s1. The topological polar surface area (TPSA) is 72.2 Å². The third-order valence-corrected chi connectivity index (χ3v) is 6.55. The summed E-state index contributed by atoms with van der Waals surface area (Å²) < 4.78 is 18.1. The molecule has 0 aliphatic carbocycles. The third-order valence-electron chi connectivity index (χ3n) is 4.21. The third kappa shape index (κ3) is 7.80. The molecular formula is C21H30N2O3S2. The van der Waals surface area contributed by atoms with Crippen LogP contribution in [0.5, 0.6) is 0 Å². The SMILES string of the molecule is CCCCSCCCNC(=O)C[S@@](=O)Cc1nc(-c2ccc(C)cc2)oc1C. The number of aryl methyl sites for hydroxylation is 2. The van der Waals surface area contributed by atoms with E-state index >= 15 is 0 Å². The van der Waals surface area contributed by atoms with Crippen LogP contribution in [0.3, 0.4) is 0 Å². The van der Waals surface area contributed by atoms with E-state index in [0.29, 0.717) is 23.9 Å². The quantitative estimate of drug-likeness (QED) is 0.518. The number of aromatic nitrogens is 1. The maximum absolute atomic E-state index is 12.3. The summed E-state index contributed by atoms with van der Waals surface area (Å²) in [7, 11) is -1.31. The van der Waals surface area contributed by atoms with Gasteiger partial charge in [0.2, 0.25) is 11.8 Å². The number of nitrogens with one attached hydrogen (secondary N) is 1. The van der Waals surface area contributed by atoms with Crippen LogP contribution in [0.4, 0.5) is 0 Å². The van der Waals surface area contributed by atoms with Crippen LogP contribution in [-0.2, 0) is 21.3 Å². The van der Waals surface area contributed by atoms with Gasteiger partial charge in [0.1, 0.15) is 11.5 Å². The van der Waals surface area contributed by atoms with Gasteiger partial charge in [-0.05, 0) is 50.3 Å². The van der Waals surface area contributed by atoms with Crippen molar-refractivity contribution >= 4 is 28.5 Å². The highest BCUT2D eigenvalue weighted by atomic mass is 32.2. The highest BCUT2D eigenvalue weighted by Crippen LogP contribution is 2.22. The largest absolute Gasteiger partial charge is 0.441 e. The number of unbranched alkanes of at least 4 members (excludes halogenated alkanes) is 1. The highest BCUT2D eigenvalue weighted by Gasteiger charge is 2.16. The molecule has 28 heavy (non-hydrogen) atoms. The minimum Gasteiger partial charge on any atom is -0.441 e. The number of benzene rings is 1. The number of nitrogens with zero attached hydrogens (tertiary/aromatic N) is 1. The van der Waals surface area contributed by atoms with Gasteiger partial charge in [0.15, 0.2) is 0 Å². The molecule has 7 heteroatoms. The average molecular weight is 423 g/mol. The normalized spacial score (nSPS) is 12.1. The highest BCUT2D eigenvalue weighted by molar-refractivity contribution is 7.99. The summed E-state index contributed by atoms with van der Waals surface area (Å²) in [5.74, 6) is 3.44. The maximum atomic E-state index is 12.3. The van der Waals surface area contributed by atoms with Crippen LogP contribution >= 0.6 is 11.8 Å². The van der Waals surface area contributed by atoms with Gasteiger partial charge in [-0.3, -0.25) is 9.00 Å².